The lowest BCUT2D eigenvalue weighted by Gasteiger charge is -2.40. The van der Waals surface area contributed by atoms with Crippen LogP contribution in [0.25, 0.3) is 0 Å². The van der Waals surface area contributed by atoms with Gasteiger partial charge in [-0.1, -0.05) is 54.6 Å². The Morgan fingerprint density at radius 3 is 1.45 bits per heavy atom. The fraction of sp³-hybridized carbons (Fsp3) is 0.0976. The van der Waals surface area contributed by atoms with Crippen LogP contribution in [0.5, 0.6) is 0 Å². The van der Waals surface area contributed by atoms with E-state index in [0.717, 1.165) is 52.9 Å². The summed E-state index contributed by atoms with van der Waals surface area (Å²) < 4.78 is 0. The first kappa shape index (κ1) is 31.2. The number of nitrogens with zero attached hydrogens (tertiary/aromatic N) is 5. The van der Waals surface area contributed by atoms with E-state index in [-0.39, 0.29) is 11.6 Å². The van der Waals surface area contributed by atoms with Crippen molar-refractivity contribution in [3.8, 4) is 0 Å². The van der Waals surface area contributed by atoms with Crippen molar-refractivity contribution in [1.29, 1.82) is 0 Å². The van der Waals surface area contributed by atoms with Crippen molar-refractivity contribution in [1.82, 2.24) is 0 Å². The van der Waals surface area contributed by atoms with E-state index >= 15 is 0 Å². The van der Waals surface area contributed by atoms with Crippen molar-refractivity contribution in [2.24, 2.45) is 0 Å². The van der Waals surface area contributed by atoms with Gasteiger partial charge in [0.2, 0.25) is 0 Å². The van der Waals surface area contributed by atoms with Gasteiger partial charge in [-0.25, -0.2) is 0 Å². The number of hydrogen-bond donors (Lipinski definition) is 0. The quantitative estimate of drug-likeness (QED) is 0.115. The van der Waals surface area contributed by atoms with Crippen LogP contribution in [-0.4, -0.2) is 23.9 Å². The maximum atomic E-state index is 14.6. The van der Waals surface area contributed by atoms with Gasteiger partial charge < -0.3 is 14.7 Å². The van der Waals surface area contributed by atoms with Crippen LogP contribution in [0.3, 0.4) is 0 Å². The molecule has 0 aliphatic carbocycles. The van der Waals surface area contributed by atoms with Crippen molar-refractivity contribution < 1.29 is 9.72 Å². The number of nitro groups is 1. The summed E-state index contributed by atoms with van der Waals surface area (Å²) in [4.78, 5) is 33.9. The molecule has 6 aromatic rings. The van der Waals surface area contributed by atoms with Gasteiger partial charge in [-0.3, -0.25) is 19.8 Å². The molecule has 0 N–H and O–H groups in total. The minimum atomic E-state index is -0.459. The summed E-state index contributed by atoms with van der Waals surface area (Å²) >= 11 is 0. The highest BCUT2D eigenvalue weighted by molar-refractivity contribution is 6.18. The standard InChI is InChI=1S/C41H35N5O3/c1-3-42(31-14-8-5-9-15-31)35-24-26-37-39(28-35)44(33-18-12-7-13-19-33)40-29-36(43(4-2)32-16-10-6-11-17-32)25-27-38(40)45(37)41(47)30-20-22-34(23-21-30)46(48)49/h5-29H,3-4H2,1-2H3. The first-order valence-electron chi connectivity index (χ1n) is 16.4. The Bertz CT molecular complexity index is 2010. The summed E-state index contributed by atoms with van der Waals surface area (Å²) in [7, 11) is 0. The Labute approximate surface area is 285 Å². The summed E-state index contributed by atoms with van der Waals surface area (Å²) in [6.45, 7) is 5.72. The lowest BCUT2D eigenvalue weighted by molar-refractivity contribution is -0.384. The van der Waals surface area contributed by atoms with E-state index in [1.54, 1.807) is 4.90 Å². The van der Waals surface area contributed by atoms with Crippen LogP contribution in [0.2, 0.25) is 0 Å². The smallest absolute Gasteiger partial charge is 0.269 e. The summed E-state index contributed by atoms with van der Waals surface area (Å²) in [5, 5.41) is 11.4. The summed E-state index contributed by atoms with van der Waals surface area (Å²) in [6.07, 6.45) is 0. The van der Waals surface area contributed by atoms with Crippen LogP contribution in [0.1, 0.15) is 24.2 Å². The average molecular weight is 646 g/mol. The van der Waals surface area contributed by atoms with Crippen LogP contribution < -0.4 is 19.6 Å². The molecule has 1 heterocycles. The van der Waals surface area contributed by atoms with Crippen LogP contribution in [0.15, 0.2) is 152 Å². The minimum absolute atomic E-state index is 0.0679. The molecule has 8 heteroatoms. The largest absolute Gasteiger partial charge is 0.342 e. The third-order valence-corrected chi connectivity index (χ3v) is 8.82. The molecule has 0 bridgehead atoms. The Hall–Kier alpha value is -6.41. The number of para-hydroxylation sites is 3. The predicted molar refractivity (Wildman–Crippen MR) is 199 cm³/mol. The number of benzene rings is 6. The fourth-order valence-electron chi connectivity index (χ4n) is 6.53. The van der Waals surface area contributed by atoms with Crippen LogP contribution in [0.4, 0.5) is 56.9 Å². The number of carbonyl (C=O) groups is 1. The van der Waals surface area contributed by atoms with Crippen molar-refractivity contribution in [2.45, 2.75) is 13.8 Å². The molecule has 0 saturated heterocycles. The van der Waals surface area contributed by atoms with Crippen molar-refractivity contribution in [3.63, 3.8) is 0 Å². The van der Waals surface area contributed by atoms with Gasteiger partial charge in [0.15, 0.2) is 0 Å². The maximum Gasteiger partial charge on any atom is 0.269 e. The van der Waals surface area contributed by atoms with Crippen LogP contribution >= 0.6 is 0 Å². The molecule has 49 heavy (non-hydrogen) atoms. The first-order valence-corrected chi connectivity index (χ1v) is 16.4. The van der Waals surface area contributed by atoms with E-state index in [0.29, 0.717) is 16.9 Å². The fourth-order valence-corrected chi connectivity index (χ4v) is 6.53. The normalized spacial score (nSPS) is 11.8. The molecule has 6 aromatic carbocycles. The van der Waals surface area contributed by atoms with E-state index in [9.17, 15) is 14.9 Å². The molecule has 0 unspecified atom stereocenters. The molecule has 7 rings (SSSR count). The van der Waals surface area contributed by atoms with Crippen molar-refractivity contribution in [3.05, 3.63) is 167 Å². The molecule has 1 aliphatic heterocycles. The topological polar surface area (TPSA) is 73.2 Å². The zero-order chi connectivity index (χ0) is 33.9. The van der Waals surface area contributed by atoms with Gasteiger partial charge in [0.05, 0.1) is 27.7 Å². The third-order valence-electron chi connectivity index (χ3n) is 8.82. The number of non-ortho nitro benzene ring substituents is 1. The zero-order valence-corrected chi connectivity index (χ0v) is 27.3. The molecule has 1 aliphatic rings. The number of carbonyl (C=O) groups excluding carboxylic acids is 1. The van der Waals surface area contributed by atoms with E-state index < -0.39 is 4.92 Å². The number of anilines is 9. The Kier molecular flexibility index (Phi) is 8.51. The summed E-state index contributed by atoms with van der Waals surface area (Å²) in [5.74, 6) is -0.281. The van der Waals surface area contributed by atoms with E-state index in [1.165, 1.54) is 24.3 Å². The molecular formula is C41H35N5O3. The highest BCUT2D eigenvalue weighted by Gasteiger charge is 2.35. The molecule has 0 radical (unpaired) electrons. The molecule has 0 atom stereocenters. The molecule has 242 valence electrons. The lowest BCUT2D eigenvalue weighted by atomic mass is 10.0. The number of amides is 1. The SMILES string of the molecule is CCN(c1ccccc1)c1ccc2c(c1)N(c1ccccc1)c1cc(N(CC)c3ccccc3)ccc1N2C(=O)c1ccc([N+](=O)[O-])cc1. The van der Waals surface area contributed by atoms with Gasteiger partial charge in [0.25, 0.3) is 11.6 Å². The van der Waals surface area contributed by atoms with Gasteiger partial charge in [0.1, 0.15) is 0 Å². The summed E-state index contributed by atoms with van der Waals surface area (Å²) in [5.41, 5.74) is 8.40. The Morgan fingerprint density at radius 2 is 1.02 bits per heavy atom. The molecule has 1 amide bonds. The second-order valence-corrected chi connectivity index (χ2v) is 11.6. The van der Waals surface area contributed by atoms with Gasteiger partial charge >= 0.3 is 0 Å². The number of rotatable bonds is 9. The van der Waals surface area contributed by atoms with Gasteiger partial charge in [-0.05, 0) is 98.8 Å². The second kappa shape index (κ2) is 13.4. The van der Waals surface area contributed by atoms with Gasteiger partial charge in [-0.2, -0.15) is 0 Å². The van der Waals surface area contributed by atoms with Crippen LogP contribution in [-0.2, 0) is 0 Å². The molecule has 0 saturated carbocycles. The lowest BCUT2D eigenvalue weighted by Crippen LogP contribution is -2.33. The zero-order valence-electron chi connectivity index (χ0n) is 27.3. The highest BCUT2D eigenvalue weighted by Crippen LogP contribution is 2.54. The predicted octanol–water partition coefficient (Wildman–Crippen LogP) is 10.7. The average Bonchev–Trinajstić information content (AvgIpc) is 3.15. The Balaban J connectivity index is 1.46. The number of fused-ring (bicyclic) bond motifs is 2. The van der Waals surface area contributed by atoms with Crippen molar-refractivity contribution in [2.75, 3.05) is 32.7 Å². The monoisotopic (exact) mass is 645 g/mol. The molecule has 0 spiro atoms. The number of nitro benzene ring substituents is 1. The second-order valence-electron chi connectivity index (χ2n) is 11.6. The Morgan fingerprint density at radius 1 is 0.571 bits per heavy atom. The third kappa shape index (κ3) is 5.85. The van der Waals surface area contributed by atoms with E-state index in [2.05, 4.69) is 77.1 Å². The first-order chi connectivity index (χ1) is 24.0. The highest BCUT2D eigenvalue weighted by atomic mass is 16.6. The van der Waals surface area contributed by atoms with E-state index in [1.807, 2.05) is 78.9 Å². The van der Waals surface area contributed by atoms with Gasteiger partial charge in [-0.15, -0.1) is 0 Å². The van der Waals surface area contributed by atoms with Gasteiger partial charge in [0, 0.05) is 59.2 Å². The molecule has 0 fully saturated rings. The molecular weight excluding hydrogens is 610 g/mol. The molecule has 0 aromatic heterocycles. The summed E-state index contributed by atoms with van der Waals surface area (Å²) in [6, 6.07) is 48.8. The maximum absolute atomic E-state index is 14.6. The minimum Gasteiger partial charge on any atom is -0.342 e. The van der Waals surface area contributed by atoms with Crippen LogP contribution in [0, 0.1) is 10.1 Å². The van der Waals surface area contributed by atoms with Crippen molar-refractivity contribution >= 4 is 62.8 Å². The molecule has 8 nitrogen and oxygen atoms in total. The van der Waals surface area contributed by atoms with E-state index in [4.69, 9.17) is 0 Å². The number of hydrogen-bond acceptors (Lipinski definition) is 6.